The third kappa shape index (κ3) is 7.71. The molecule has 1 aliphatic rings. The number of likely N-dealkylation sites (N-methyl/N-ethyl adjacent to an activating group) is 1. The van der Waals surface area contributed by atoms with E-state index in [9.17, 15) is 4.79 Å². The van der Waals surface area contributed by atoms with Gasteiger partial charge in [0.15, 0.2) is 5.96 Å². The van der Waals surface area contributed by atoms with E-state index in [2.05, 4.69) is 29.1 Å². The molecule has 1 aromatic rings. The third-order valence-electron chi connectivity index (χ3n) is 5.03. The SMILES string of the molecule is CCCC1(C)CCCN(C(=NCC(=O)N(C)C)NCCc2ccco2)C1.I. The highest BCUT2D eigenvalue weighted by molar-refractivity contribution is 14.0. The van der Waals surface area contributed by atoms with Crippen molar-refractivity contribution in [2.24, 2.45) is 10.4 Å². The van der Waals surface area contributed by atoms with Gasteiger partial charge in [-0.15, -0.1) is 24.0 Å². The molecule has 0 aromatic carbocycles. The molecule has 1 atom stereocenters. The van der Waals surface area contributed by atoms with Gasteiger partial charge in [-0.1, -0.05) is 20.3 Å². The molecule has 0 spiro atoms. The highest BCUT2D eigenvalue weighted by Gasteiger charge is 2.31. The molecule has 2 heterocycles. The van der Waals surface area contributed by atoms with Crippen LogP contribution in [0.2, 0.25) is 0 Å². The van der Waals surface area contributed by atoms with Crippen LogP contribution < -0.4 is 5.32 Å². The van der Waals surface area contributed by atoms with Gasteiger partial charge >= 0.3 is 0 Å². The number of carbonyl (C=O) groups is 1. The number of piperidine rings is 1. The number of furan rings is 1. The van der Waals surface area contributed by atoms with Crippen LogP contribution in [0, 0.1) is 5.41 Å². The third-order valence-corrected chi connectivity index (χ3v) is 5.03. The lowest BCUT2D eigenvalue weighted by Gasteiger charge is -2.42. The van der Waals surface area contributed by atoms with Gasteiger partial charge in [-0.25, -0.2) is 4.99 Å². The van der Waals surface area contributed by atoms with E-state index < -0.39 is 0 Å². The summed E-state index contributed by atoms with van der Waals surface area (Å²) in [5.74, 6) is 1.81. The van der Waals surface area contributed by atoms with Crippen LogP contribution in [-0.4, -0.2) is 61.9 Å². The highest BCUT2D eigenvalue weighted by atomic mass is 127. The maximum absolute atomic E-state index is 12.0. The number of halogens is 1. The van der Waals surface area contributed by atoms with Crippen LogP contribution in [0.1, 0.15) is 45.3 Å². The van der Waals surface area contributed by atoms with E-state index in [1.54, 1.807) is 25.3 Å². The van der Waals surface area contributed by atoms with Crippen LogP contribution in [0.15, 0.2) is 27.8 Å². The Bertz CT molecular complexity index is 585. The van der Waals surface area contributed by atoms with Crippen molar-refractivity contribution in [2.45, 2.75) is 46.0 Å². The van der Waals surface area contributed by atoms with E-state index in [0.717, 1.165) is 44.2 Å². The monoisotopic (exact) mass is 490 g/mol. The Kier molecular flexibility index (Phi) is 10.2. The smallest absolute Gasteiger partial charge is 0.243 e. The quantitative estimate of drug-likeness (QED) is 0.362. The zero-order valence-electron chi connectivity index (χ0n) is 17.2. The minimum absolute atomic E-state index is 0. The van der Waals surface area contributed by atoms with E-state index in [-0.39, 0.29) is 36.4 Å². The van der Waals surface area contributed by atoms with Crippen molar-refractivity contribution in [2.75, 3.05) is 40.3 Å². The second-order valence-corrected chi connectivity index (χ2v) is 7.77. The summed E-state index contributed by atoms with van der Waals surface area (Å²) in [5.41, 5.74) is 0.321. The maximum atomic E-state index is 12.0. The zero-order valence-corrected chi connectivity index (χ0v) is 19.5. The fourth-order valence-corrected chi connectivity index (χ4v) is 3.61. The van der Waals surface area contributed by atoms with Crippen molar-refractivity contribution in [3.63, 3.8) is 0 Å². The molecule has 1 unspecified atom stereocenters. The number of hydrogen-bond acceptors (Lipinski definition) is 3. The summed E-state index contributed by atoms with van der Waals surface area (Å²) < 4.78 is 5.40. The van der Waals surface area contributed by atoms with Gasteiger partial charge in [0, 0.05) is 40.2 Å². The zero-order chi connectivity index (χ0) is 19.0. The Balaban J connectivity index is 0.00000364. The second-order valence-electron chi connectivity index (χ2n) is 7.77. The van der Waals surface area contributed by atoms with Gasteiger partial charge < -0.3 is 19.5 Å². The molecule has 2 rings (SSSR count). The number of aliphatic imine (C=N–C) groups is 1. The molecule has 154 valence electrons. The van der Waals surface area contributed by atoms with Crippen LogP contribution in [-0.2, 0) is 11.2 Å². The standard InChI is InChI=1S/C20H34N4O2.HI/c1-5-10-20(2)11-7-13-24(16-20)19(22-15-18(25)23(3)4)21-12-9-17-8-6-14-26-17;/h6,8,14H,5,7,9-13,15-16H2,1-4H3,(H,21,22);1H. The molecule has 1 aromatic heterocycles. The molecule has 1 aliphatic heterocycles. The number of nitrogens with zero attached hydrogens (tertiary/aromatic N) is 3. The van der Waals surface area contributed by atoms with Gasteiger partial charge in [0.2, 0.25) is 5.91 Å². The largest absolute Gasteiger partial charge is 0.469 e. The predicted octanol–water partition coefficient (Wildman–Crippen LogP) is 3.38. The summed E-state index contributed by atoms with van der Waals surface area (Å²) in [6.45, 7) is 7.51. The summed E-state index contributed by atoms with van der Waals surface area (Å²) in [4.78, 5) is 20.5. The fraction of sp³-hybridized carbons (Fsp3) is 0.700. The number of carbonyl (C=O) groups excluding carboxylic acids is 1. The van der Waals surface area contributed by atoms with Crippen LogP contribution in [0.3, 0.4) is 0 Å². The maximum Gasteiger partial charge on any atom is 0.243 e. The first kappa shape index (κ1) is 23.8. The molecule has 27 heavy (non-hydrogen) atoms. The number of guanidine groups is 1. The summed E-state index contributed by atoms with van der Waals surface area (Å²) >= 11 is 0. The van der Waals surface area contributed by atoms with Gasteiger partial charge in [0.1, 0.15) is 12.3 Å². The molecule has 1 amide bonds. The number of rotatable bonds is 7. The van der Waals surface area contributed by atoms with Gasteiger partial charge in [-0.3, -0.25) is 4.79 Å². The van der Waals surface area contributed by atoms with E-state index in [4.69, 9.17) is 4.42 Å². The minimum Gasteiger partial charge on any atom is -0.469 e. The van der Waals surface area contributed by atoms with Crippen LogP contribution >= 0.6 is 24.0 Å². The Morgan fingerprint density at radius 2 is 2.22 bits per heavy atom. The summed E-state index contributed by atoms with van der Waals surface area (Å²) in [6.07, 6.45) is 7.33. The first-order valence-electron chi connectivity index (χ1n) is 9.69. The molecule has 0 saturated carbocycles. The van der Waals surface area contributed by atoms with E-state index in [1.807, 2.05) is 12.1 Å². The number of nitrogens with one attached hydrogen (secondary N) is 1. The predicted molar refractivity (Wildman–Crippen MR) is 121 cm³/mol. The first-order valence-corrected chi connectivity index (χ1v) is 9.69. The topological polar surface area (TPSA) is 61.1 Å². The highest BCUT2D eigenvalue weighted by Crippen LogP contribution is 2.33. The van der Waals surface area contributed by atoms with Crippen molar-refractivity contribution in [1.82, 2.24) is 15.1 Å². The minimum atomic E-state index is 0. The van der Waals surface area contributed by atoms with Gasteiger partial charge in [0.05, 0.1) is 6.26 Å². The number of likely N-dealkylation sites (tertiary alicyclic amines) is 1. The van der Waals surface area contributed by atoms with Crippen molar-refractivity contribution in [1.29, 1.82) is 0 Å². The molecule has 1 saturated heterocycles. The fourth-order valence-electron chi connectivity index (χ4n) is 3.61. The summed E-state index contributed by atoms with van der Waals surface area (Å²) in [6, 6.07) is 3.88. The Hall–Kier alpha value is -1.25. The number of hydrogen-bond donors (Lipinski definition) is 1. The van der Waals surface area contributed by atoms with Crippen molar-refractivity contribution < 1.29 is 9.21 Å². The molecule has 1 N–H and O–H groups in total. The van der Waals surface area contributed by atoms with E-state index in [1.165, 1.54) is 19.3 Å². The summed E-state index contributed by atoms with van der Waals surface area (Å²) in [5, 5.41) is 3.45. The molecule has 0 radical (unpaired) electrons. The van der Waals surface area contributed by atoms with E-state index >= 15 is 0 Å². The van der Waals surface area contributed by atoms with Crippen molar-refractivity contribution in [3.05, 3.63) is 24.2 Å². The normalized spacial score (nSPS) is 20.1. The molecule has 0 bridgehead atoms. The molecular weight excluding hydrogens is 455 g/mol. The second kappa shape index (κ2) is 11.6. The van der Waals surface area contributed by atoms with Crippen molar-refractivity contribution >= 4 is 35.8 Å². The molecular formula is C20H35IN4O2. The van der Waals surface area contributed by atoms with Crippen LogP contribution in [0.4, 0.5) is 0 Å². The Labute approximate surface area is 180 Å². The Morgan fingerprint density at radius 1 is 1.44 bits per heavy atom. The lowest BCUT2D eigenvalue weighted by molar-refractivity contribution is -0.127. The molecule has 1 fully saturated rings. The van der Waals surface area contributed by atoms with Crippen molar-refractivity contribution in [3.8, 4) is 0 Å². The van der Waals surface area contributed by atoms with Gasteiger partial charge in [-0.2, -0.15) is 0 Å². The average Bonchev–Trinajstić information content (AvgIpc) is 3.10. The lowest BCUT2D eigenvalue weighted by Crippen LogP contribution is -2.50. The first-order chi connectivity index (χ1) is 12.4. The van der Waals surface area contributed by atoms with E-state index in [0.29, 0.717) is 5.41 Å². The Morgan fingerprint density at radius 3 is 2.85 bits per heavy atom. The van der Waals surface area contributed by atoms with Gasteiger partial charge in [-0.05, 0) is 36.8 Å². The van der Waals surface area contributed by atoms with Crippen LogP contribution in [0.25, 0.3) is 0 Å². The lowest BCUT2D eigenvalue weighted by atomic mass is 9.78. The molecule has 7 heteroatoms. The van der Waals surface area contributed by atoms with Gasteiger partial charge in [0.25, 0.3) is 0 Å². The molecule has 0 aliphatic carbocycles. The van der Waals surface area contributed by atoms with Crippen LogP contribution in [0.5, 0.6) is 0 Å². The average molecular weight is 490 g/mol. The molecule has 6 nitrogen and oxygen atoms in total. The summed E-state index contributed by atoms with van der Waals surface area (Å²) in [7, 11) is 3.53. The number of amides is 1.